The molecule has 1 aliphatic rings. The minimum atomic E-state index is -2.89. The maximum Gasteiger partial charge on any atom is 0.150 e. The third-order valence-corrected chi connectivity index (χ3v) is 6.19. The lowest BCUT2D eigenvalue weighted by atomic mass is 9.94. The normalized spacial score (nSPS) is 23.5. The van der Waals surface area contributed by atoms with Gasteiger partial charge in [0.05, 0.1) is 16.9 Å². The van der Waals surface area contributed by atoms with Crippen molar-refractivity contribution in [3.63, 3.8) is 0 Å². The Morgan fingerprint density at radius 1 is 1.11 bits per heavy atom. The molecule has 2 aromatic carbocycles. The van der Waals surface area contributed by atoms with E-state index in [-0.39, 0.29) is 22.8 Å². The molecular weight excluding hydrogens is 280 g/mol. The van der Waals surface area contributed by atoms with E-state index >= 15 is 0 Å². The highest BCUT2D eigenvalue weighted by atomic mass is 35.5. The second-order valence-corrected chi connectivity index (χ2v) is 7.83. The minimum Gasteiger partial charge on any atom is -0.229 e. The van der Waals surface area contributed by atoms with E-state index in [1.54, 1.807) is 0 Å². The molecule has 0 bridgehead atoms. The molecule has 4 heteroatoms. The van der Waals surface area contributed by atoms with Crippen molar-refractivity contribution in [3.05, 3.63) is 48.0 Å². The van der Waals surface area contributed by atoms with Crippen molar-refractivity contribution in [1.82, 2.24) is 0 Å². The third kappa shape index (κ3) is 2.49. The number of fused-ring (bicyclic) bond motifs is 1. The smallest absolute Gasteiger partial charge is 0.150 e. The van der Waals surface area contributed by atoms with Gasteiger partial charge in [-0.2, -0.15) is 0 Å². The Bertz CT molecular complexity index is 704. The molecule has 19 heavy (non-hydrogen) atoms. The predicted molar refractivity (Wildman–Crippen MR) is 79.3 cm³/mol. The van der Waals surface area contributed by atoms with E-state index in [0.717, 1.165) is 16.3 Å². The quantitative estimate of drug-likeness (QED) is 0.794. The van der Waals surface area contributed by atoms with Gasteiger partial charge in [0.1, 0.15) is 0 Å². The first-order valence-electron chi connectivity index (χ1n) is 6.39. The van der Waals surface area contributed by atoms with Crippen LogP contribution in [0.4, 0.5) is 0 Å². The number of alkyl halides is 1. The molecule has 100 valence electrons. The molecule has 0 N–H and O–H groups in total. The summed E-state index contributed by atoms with van der Waals surface area (Å²) in [6, 6.07) is 14.1. The minimum absolute atomic E-state index is 0.0254. The van der Waals surface area contributed by atoms with Gasteiger partial charge in [-0.15, -0.1) is 11.6 Å². The number of hydrogen-bond acceptors (Lipinski definition) is 2. The van der Waals surface area contributed by atoms with Gasteiger partial charge < -0.3 is 0 Å². The van der Waals surface area contributed by atoms with E-state index in [1.165, 1.54) is 0 Å². The van der Waals surface area contributed by atoms with Gasteiger partial charge in [-0.05, 0) is 28.7 Å². The monoisotopic (exact) mass is 294 g/mol. The Balaban J connectivity index is 2.00. The highest BCUT2D eigenvalue weighted by Crippen LogP contribution is 2.39. The summed E-state index contributed by atoms with van der Waals surface area (Å²) in [7, 11) is -2.89. The lowest BCUT2D eigenvalue weighted by Crippen LogP contribution is -2.10. The van der Waals surface area contributed by atoms with Crippen LogP contribution in [0.2, 0.25) is 0 Å². The van der Waals surface area contributed by atoms with Gasteiger partial charge in [-0.25, -0.2) is 8.42 Å². The summed E-state index contributed by atoms with van der Waals surface area (Å²) in [5.41, 5.74) is 1.04. The predicted octanol–water partition coefficient (Wildman–Crippen LogP) is 3.55. The van der Waals surface area contributed by atoms with Crippen LogP contribution in [0.25, 0.3) is 10.8 Å². The Morgan fingerprint density at radius 3 is 2.58 bits per heavy atom. The van der Waals surface area contributed by atoms with E-state index in [2.05, 4.69) is 0 Å². The zero-order valence-electron chi connectivity index (χ0n) is 10.4. The fraction of sp³-hybridized carbons (Fsp3) is 0.333. The summed E-state index contributed by atoms with van der Waals surface area (Å²) >= 11 is 6.55. The number of benzene rings is 2. The van der Waals surface area contributed by atoms with Gasteiger partial charge in [-0.3, -0.25) is 0 Å². The topological polar surface area (TPSA) is 34.1 Å². The first-order chi connectivity index (χ1) is 9.07. The molecule has 0 radical (unpaired) electrons. The molecule has 3 rings (SSSR count). The van der Waals surface area contributed by atoms with Gasteiger partial charge in [-0.1, -0.05) is 42.5 Å². The Kier molecular flexibility index (Phi) is 3.27. The van der Waals surface area contributed by atoms with Crippen LogP contribution >= 0.6 is 11.6 Å². The summed E-state index contributed by atoms with van der Waals surface area (Å²) in [5, 5.41) is 2.03. The van der Waals surface area contributed by atoms with Crippen molar-refractivity contribution >= 4 is 32.2 Å². The maximum absolute atomic E-state index is 11.6. The first kappa shape index (κ1) is 12.9. The average molecular weight is 295 g/mol. The molecule has 0 amide bonds. The lowest BCUT2D eigenvalue weighted by molar-refractivity contribution is 0.571. The average Bonchev–Trinajstić information content (AvgIpc) is 2.78. The van der Waals surface area contributed by atoms with Crippen molar-refractivity contribution in [2.45, 2.75) is 11.8 Å². The number of sulfone groups is 1. The van der Waals surface area contributed by atoms with E-state index in [4.69, 9.17) is 11.6 Å². The Morgan fingerprint density at radius 2 is 1.84 bits per heavy atom. The SMILES string of the molecule is O=S1(=O)CCC(C(Cl)c2cccc3ccccc23)C1. The van der Waals surface area contributed by atoms with Crippen LogP contribution in [0.15, 0.2) is 42.5 Å². The highest BCUT2D eigenvalue weighted by Gasteiger charge is 2.33. The van der Waals surface area contributed by atoms with Crippen molar-refractivity contribution < 1.29 is 8.42 Å². The molecule has 0 spiro atoms. The number of halogens is 1. The van der Waals surface area contributed by atoms with Gasteiger partial charge >= 0.3 is 0 Å². The molecular formula is C15H15ClO2S. The zero-order valence-corrected chi connectivity index (χ0v) is 12.0. The highest BCUT2D eigenvalue weighted by molar-refractivity contribution is 7.91. The van der Waals surface area contributed by atoms with E-state index in [9.17, 15) is 8.42 Å². The molecule has 2 nitrogen and oxygen atoms in total. The molecule has 1 heterocycles. The van der Waals surface area contributed by atoms with Crippen molar-refractivity contribution in [3.8, 4) is 0 Å². The molecule has 0 aliphatic carbocycles. The van der Waals surface area contributed by atoms with E-state index < -0.39 is 9.84 Å². The van der Waals surface area contributed by atoms with Crippen LogP contribution in [0.5, 0.6) is 0 Å². The molecule has 2 unspecified atom stereocenters. The van der Waals surface area contributed by atoms with Crippen LogP contribution < -0.4 is 0 Å². The summed E-state index contributed by atoms with van der Waals surface area (Å²) in [4.78, 5) is 0. The standard InChI is InChI=1S/C15H15ClO2S/c16-15(12-8-9-19(17,18)10-12)14-7-3-5-11-4-1-2-6-13(11)14/h1-7,12,15H,8-10H2. The lowest BCUT2D eigenvalue weighted by Gasteiger charge is -2.18. The fourth-order valence-electron chi connectivity index (χ4n) is 2.80. The second kappa shape index (κ2) is 4.80. The molecule has 1 saturated heterocycles. The summed E-state index contributed by atoms with van der Waals surface area (Å²) in [6.07, 6.45) is 0.666. The zero-order chi connectivity index (χ0) is 13.5. The van der Waals surface area contributed by atoms with E-state index in [0.29, 0.717) is 6.42 Å². The molecule has 0 aromatic heterocycles. The maximum atomic E-state index is 11.6. The fourth-order valence-corrected chi connectivity index (χ4v) is 5.15. The van der Waals surface area contributed by atoms with Gasteiger partial charge in [0, 0.05) is 0 Å². The molecule has 2 atom stereocenters. The van der Waals surface area contributed by atoms with Gasteiger partial charge in [0.15, 0.2) is 9.84 Å². The van der Waals surface area contributed by atoms with Crippen molar-refractivity contribution in [2.24, 2.45) is 5.92 Å². The summed E-state index contributed by atoms with van der Waals surface area (Å²) in [6.45, 7) is 0. The third-order valence-electron chi connectivity index (χ3n) is 3.80. The largest absolute Gasteiger partial charge is 0.229 e. The van der Waals surface area contributed by atoms with Crippen LogP contribution in [-0.2, 0) is 9.84 Å². The summed E-state index contributed by atoms with van der Waals surface area (Å²) in [5.74, 6) is 0.508. The van der Waals surface area contributed by atoms with Crippen LogP contribution in [0.3, 0.4) is 0 Å². The van der Waals surface area contributed by atoms with Crippen LogP contribution in [0.1, 0.15) is 17.4 Å². The van der Waals surface area contributed by atoms with Crippen LogP contribution in [0, 0.1) is 5.92 Å². The Labute approximate surface area is 118 Å². The molecule has 1 aliphatic heterocycles. The molecule has 0 saturated carbocycles. The van der Waals surface area contributed by atoms with Crippen LogP contribution in [-0.4, -0.2) is 19.9 Å². The summed E-state index contributed by atoms with van der Waals surface area (Å²) < 4.78 is 23.2. The van der Waals surface area contributed by atoms with Crippen molar-refractivity contribution in [2.75, 3.05) is 11.5 Å². The van der Waals surface area contributed by atoms with Gasteiger partial charge in [0.2, 0.25) is 0 Å². The Hall–Kier alpha value is -1.06. The first-order valence-corrected chi connectivity index (χ1v) is 8.65. The molecule has 2 aromatic rings. The molecule has 1 fully saturated rings. The second-order valence-electron chi connectivity index (χ2n) is 5.13. The number of rotatable bonds is 2. The number of hydrogen-bond donors (Lipinski definition) is 0. The van der Waals surface area contributed by atoms with Crippen molar-refractivity contribution in [1.29, 1.82) is 0 Å². The van der Waals surface area contributed by atoms with E-state index in [1.807, 2.05) is 42.5 Å². The van der Waals surface area contributed by atoms with Gasteiger partial charge in [0.25, 0.3) is 0 Å².